The van der Waals surface area contributed by atoms with Gasteiger partial charge in [-0.05, 0) is 6.42 Å². The van der Waals surface area contributed by atoms with Crippen molar-refractivity contribution < 1.29 is 28.5 Å². The Morgan fingerprint density at radius 3 is 1.15 bits per heavy atom. The van der Waals surface area contributed by atoms with E-state index in [0.717, 1.165) is 0 Å². The molecule has 2 heteroatoms. The van der Waals surface area contributed by atoms with Crippen molar-refractivity contribution >= 4 is 0 Å². The first kappa shape index (κ1) is 26.9. The lowest BCUT2D eigenvalue weighted by Crippen LogP contribution is -3.00. The largest absolute Gasteiger partial charge is 1.00 e. The summed E-state index contributed by atoms with van der Waals surface area (Å²) in [5, 5.41) is 0. The molecule has 0 aliphatic carbocycles. The highest BCUT2D eigenvalue weighted by Gasteiger charge is 1.98. The van der Waals surface area contributed by atoms with Crippen LogP contribution in [0.15, 0.2) is 30.6 Å². The van der Waals surface area contributed by atoms with Crippen LogP contribution in [0.5, 0.6) is 0 Å². The summed E-state index contributed by atoms with van der Waals surface area (Å²) in [7, 11) is 0. The van der Waals surface area contributed by atoms with Crippen molar-refractivity contribution in [1.82, 2.24) is 0 Å². The minimum absolute atomic E-state index is 0. The summed E-state index contributed by atoms with van der Waals surface area (Å²) in [6.07, 6.45) is 30.4. The minimum atomic E-state index is 0. The molecular weight excluding hydrogens is 441 g/mol. The van der Waals surface area contributed by atoms with E-state index in [1.54, 1.807) is 0 Å². The van der Waals surface area contributed by atoms with E-state index in [1.165, 1.54) is 122 Å². The summed E-state index contributed by atoms with van der Waals surface area (Å²) in [4.78, 5) is 0. The van der Waals surface area contributed by atoms with Crippen LogP contribution in [-0.4, -0.2) is 0 Å². The van der Waals surface area contributed by atoms with Crippen LogP contribution >= 0.6 is 0 Å². The number of pyridine rings is 1. The van der Waals surface area contributed by atoms with Crippen LogP contribution in [-0.2, 0) is 6.54 Å². The van der Waals surface area contributed by atoms with Gasteiger partial charge in [0.2, 0.25) is 0 Å². The van der Waals surface area contributed by atoms with Crippen molar-refractivity contribution in [3.8, 4) is 0 Å². The molecule has 0 atom stereocenters. The van der Waals surface area contributed by atoms with Gasteiger partial charge in [0.15, 0.2) is 12.4 Å². The molecule has 0 radical (unpaired) electrons. The van der Waals surface area contributed by atoms with Crippen LogP contribution in [0.3, 0.4) is 0 Å². The van der Waals surface area contributed by atoms with Crippen molar-refractivity contribution in [3.05, 3.63) is 30.6 Å². The Morgan fingerprint density at radius 2 is 0.778 bits per heavy atom. The fourth-order valence-electron chi connectivity index (χ4n) is 3.78. The average Bonchev–Trinajstić information content (AvgIpc) is 2.68. The number of halogens is 1. The molecule has 0 N–H and O–H groups in total. The second-order valence-electron chi connectivity index (χ2n) is 8.12. The molecule has 1 heterocycles. The monoisotopic (exact) mass is 487 g/mol. The zero-order chi connectivity index (χ0) is 18.5. The van der Waals surface area contributed by atoms with Gasteiger partial charge < -0.3 is 24.0 Å². The highest BCUT2D eigenvalue weighted by atomic mass is 127. The van der Waals surface area contributed by atoms with Crippen molar-refractivity contribution in [1.29, 1.82) is 0 Å². The van der Waals surface area contributed by atoms with E-state index >= 15 is 0 Å². The SMILES string of the molecule is CCCCCCCCCCCCCCCCCCCC[n+]1ccccc1.[I-]. The Balaban J connectivity index is 0.00000676. The van der Waals surface area contributed by atoms with Crippen molar-refractivity contribution in [3.63, 3.8) is 0 Å². The smallest absolute Gasteiger partial charge is 0.168 e. The lowest BCUT2D eigenvalue weighted by atomic mass is 10.0. The number of nitrogens with zero attached hydrogens (tertiary/aromatic N) is 1. The molecule has 0 aliphatic heterocycles. The van der Waals surface area contributed by atoms with E-state index in [9.17, 15) is 0 Å². The van der Waals surface area contributed by atoms with E-state index in [2.05, 4.69) is 42.1 Å². The van der Waals surface area contributed by atoms with Gasteiger partial charge in [-0.3, -0.25) is 0 Å². The Bertz CT molecular complexity index is 379. The first-order valence-electron chi connectivity index (χ1n) is 11.9. The first-order chi connectivity index (χ1) is 12.9. The fraction of sp³-hybridized carbons (Fsp3) is 0.800. The van der Waals surface area contributed by atoms with Crippen LogP contribution < -0.4 is 28.5 Å². The third-order valence-corrected chi connectivity index (χ3v) is 5.55. The van der Waals surface area contributed by atoms with Gasteiger partial charge in [0.1, 0.15) is 6.54 Å². The van der Waals surface area contributed by atoms with Crippen LogP contribution in [0.4, 0.5) is 0 Å². The number of aryl methyl sites for hydroxylation is 1. The molecular formula is C25H46IN. The second-order valence-corrected chi connectivity index (χ2v) is 8.12. The third-order valence-electron chi connectivity index (χ3n) is 5.55. The van der Waals surface area contributed by atoms with E-state index in [0.29, 0.717) is 0 Å². The summed E-state index contributed by atoms with van der Waals surface area (Å²) in [5.74, 6) is 0. The second kappa shape index (κ2) is 22.2. The Hall–Kier alpha value is -0.120. The topological polar surface area (TPSA) is 3.88 Å². The molecule has 0 bridgehead atoms. The van der Waals surface area contributed by atoms with Gasteiger partial charge in [-0.25, -0.2) is 4.57 Å². The normalized spacial score (nSPS) is 10.7. The molecule has 158 valence electrons. The molecule has 0 unspecified atom stereocenters. The average molecular weight is 488 g/mol. The molecule has 0 amide bonds. The lowest BCUT2D eigenvalue weighted by Gasteiger charge is -2.03. The Kier molecular flexibility index (Phi) is 22.1. The molecule has 0 spiro atoms. The highest BCUT2D eigenvalue weighted by Crippen LogP contribution is 2.14. The van der Waals surface area contributed by atoms with Crippen molar-refractivity contribution in [2.45, 2.75) is 129 Å². The molecule has 1 rings (SSSR count). The number of hydrogen-bond donors (Lipinski definition) is 0. The van der Waals surface area contributed by atoms with E-state index in [4.69, 9.17) is 0 Å². The molecule has 0 saturated heterocycles. The Labute approximate surface area is 187 Å². The number of aromatic nitrogens is 1. The van der Waals surface area contributed by atoms with Crippen LogP contribution in [0.1, 0.15) is 122 Å². The molecule has 1 aromatic rings. The zero-order valence-corrected chi connectivity index (χ0v) is 20.3. The summed E-state index contributed by atoms with van der Waals surface area (Å²) >= 11 is 0. The summed E-state index contributed by atoms with van der Waals surface area (Å²) in [5.41, 5.74) is 0. The maximum Gasteiger partial charge on any atom is 0.168 e. The molecule has 0 aliphatic rings. The van der Waals surface area contributed by atoms with E-state index < -0.39 is 0 Å². The van der Waals surface area contributed by atoms with E-state index in [-0.39, 0.29) is 24.0 Å². The van der Waals surface area contributed by atoms with Crippen molar-refractivity contribution in [2.24, 2.45) is 0 Å². The molecule has 0 aromatic carbocycles. The van der Waals surface area contributed by atoms with Gasteiger partial charge >= 0.3 is 0 Å². The van der Waals surface area contributed by atoms with Gasteiger partial charge in [0.05, 0.1) is 0 Å². The molecule has 0 fully saturated rings. The lowest BCUT2D eigenvalue weighted by molar-refractivity contribution is -0.697. The van der Waals surface area contributed by atoms with Gasteiger partial charge in [-0.2, -0.15) is 0 Å². The fourth-order valence-corrected chi connectivity index (χ4v) is 3.78. The number of rotatable bonds is 19. The molecule has 0 saturated carbocycles. The minimum Gasteiger partial charge on any atom is -1.00 e. The Morgan fingerprint density at radius 1 is 0.444 bits per heavy atom. The summed E-state index contributed by atoms with van der Waals surface area (Å²) < 4.78 is 2.30. The maximum absolute atomic E-state index is 2.30. The van der Waals surface area contributed by atoms with E-state index in [1.807, 2.05) is 0 Å². The number of hydrogen-bond acceptors (Lipinski definition) is 0. The molecule has 27 heavy (non-hydrogen) atoms. The van der Waals surface area contributed by atoms with Gasteiger partial charge in [-0.1, -0.05) is 116 Å². The summed E-state index contributed by atoms with van der Waals surface area (Å²) in [6, 6.07) is 6.33. The first-order valence-corrected chi connectivity index (χ1v) is 11.9. The van der Waals surface area contributed by atoms with Crippen LogP contribution in [0, 0.1) is 0 Å². The predicted octanol–water partition coefficient (Wildman–Crippen LogP) is 5.02. The van der Waals surface area contributed by atoms with Crippen LogP contribution in [0.25, 0.3) is 0 Å². The standard InChI is InChI=1S/C25H46N.HI/c1-2-3-4-5-6-7-8-9-10-11-12-13-14-15-16-17-18-20-23-26-24-21-19-22-25-26;/h19,21-22,24-25H,2-18,20,23H2,1H3;1H/q+1;/p-1. The van der Waals surface area contributed by atoms with Gasteiger partial charge in [0.25, 0.3) is 0 Å². The molecule has 1 aromatic heterocycles. The van der Waals surface area contributed by atoms with Crippen LogP contribution in [0.2, 0.25) is 0 Å². The zero-order valence-electron chi connectivity index (χ0n) is 18.1. The molecule has 1 nitrogen and oxygen atoms in total. The van der Waals surface area contributed by atoms with Gasteiger partial charge in [-0.15, -0.1) is 0 Å². The quantitative estimate of drug-likeness (QED) is 0.147. The maximum atomic E-state index is 2.30. The van der Waals surface area contributed by atoms with Gasteiger partial charge in [0, 0.05) is 18.6 Å². The van der Waals surface area contributed by atoms with Crippen molar-refractivity contribution in [2.75, 3.05) is 0 Å². The third kappa shape index (κ3) is 19.0. The summed E-state index contributed by atoms with van der Waals surface area (Å²) in [6.45, 7) is 3.48. The number of unbranched alkanes of at least 4 members (excludes halogenated alkanes) is 17. The predicted molar refractivity (Wildman–Crippen MR) is 115 cm³/mol. The highest BCUT2D eigenvalue weighted by molar-refractivity contribution is 4.83.